The molecular formula is C20H23NO3S. The van der Waals surface area contributed by atoms with Gasteiger partial charge in [-0.3, -0.25) is 4.79 Å². The summed E-state index contributed by atoms with van der Waals surface area (Å²) in [5, 5.41) is 2.04. The lowest BCUT2D eigenvalue weighted by atomic mass is 9.88. The standard InChI is InChI=1S/C20H23NO3S/c1-13-7-8-15-16(12-25-19(15)9-13)20(22)21(2)10-14-11-23-17-5-3-4-6-18(17)24-14/h3-6,12-14H,7-11H2,1-2H3. The summed E-state index contributed by atoms with van der Waals surface area (Å²) in [5.74, 6) is 2.34. The van der Waals surface area contributed by atoms with Crippen LogP contribution in [0, 0.1) is 5.92 Å². The van der Waals surface area contributed by atoms with E-state index in [1.54, 1.807) is 16.2 Å². The Kier molecular flexibility index (Phi) is 4.42. The minimum Gasteiger partial charge on any atom is -0.486 e. The maximum Gasteiger partial charge on any atom is 0.254 e. The van der Waals surface area contributed by atoms with Crippen LogP contribution in [0.25, 0.3) is 0 Å². The lowest BCUT2D eigenvalue weighted by molar-refractivity contribution is 0.0520. The predicted octanol–water partition coefficient (Wildman–Crippen LogP) is 3.78. The van der Waals surface area contributed by atoms with E-state index in [4.69, 9.17) is 9.47 Å². The van der Waals surface area contributed by atoms with Gasteiger partial charge in [-0.15, -0.1) is 11.3 Å². The molecule has 1 aromatic carbocycles. The smallest absolute Gasteiger partial charge is 0.254 e. The van der Waals surface area contributed by atoms with Crippen molar-refractivity contribution < 1.29 is 14.3 Å². The Morgan fingerprint density at radius 2 is 2.12 bits per heavy atom. The number of hydrogen-bond acceptors (Lipinski definition) is 4. The predicted molar refractivity (Wildman–Crippen MR) is 98.8 cm³/mol. The van der Waals surface area contributed by atoms with E-state index in [0.717, 1.165) is 35.8 Å². The summed E-state index contributed by atoms with van der Waals surface area (Å²) in [5.41, 5.74) is 2.15. The normalized spacial score (nSPS) is 21.5. The van der Waals surface area contributed by atoms with Crippen LogP contribution < -0.4 is 9.47 Å². The van der Waals surface area contributed by atoms with Gasteiger partial charge < -0.3 is 14.4 Å². The summed E-state index contributed by atoms with van der Waals surface area (Å²) in [6.07, 6.45) is 3.15. The van der Waals surface area contributed by atoms with Crippen molar-refractivity contribution in [2.45, 2.75) is 32.3 Å². The van der Waals surface area contributed by atoms with Gasteiger partial charge in [0.05, 0.1) is 12.1 Å². The first-order chi connectivity index (χ1) is 12.1. The summed E-state index contributed by atoms with van der Waals surface area (Å²) in [6.45, 7) is 3.27. The maximum atomic E-state index is 12.9. The molecule has 0 radical (unpaired) electrons. The summed E-state index contributed by atoms with van der Waals surface area (Å²) < 4.78 is 11.7. The van der Waals surface area contributed by atoms with Crippen LogP contribution in [0.4, 0.5) is 0 Å². The van der Waals surface area contributed by atoms with Crippen molar-refractivity contribution in [3.8, 4) is 11.5 Å². The quantitative estimate of drug-likeness (QED) is 0.839. The number of carbonyl (C=O) groups excluding carboxylic acids is 1. The first kappa shape index (κ1) is 16.5. The SMILES string of the molecule is CC1CCc2c(C(=O)N(C)CC3COc4ccccc4O3)csc2C1. The number of carbonyl (C=O) groups is 1. The fourth-order valence-corrected chi connectivity index (χ4v) is 4.84. The molecule has 2 unspecified atom stereocenters. The zero-order valence-corrected chi connectivity index (χ0v) is 15.5. The molecule has 2 heterocycles. The van der Waals surface area contributed by atoms with Gasteiger partial charge >= 0.3 is 0 Å². The number of thiophene rings is 1. The van der Waals surface area contributed by atoms with Crippen LogP contribution in [-0.2, 0) is 12.8 Å². The molecule has 0 N–H and O–H groups in total. The largest absolute Gasteiger partial charge is 0.486 e. The third kappa shape index (κ3) is 3.25. The molecule has 5 heteroatoms. The number of para-hydroxylation sites is 2. The van der Waals surface area contributed by atoms with Gasteiger partial charge in [-0.1, -0.05) is 19.1 Å². The number of amides is 1. The topological polar surface area (TPSA) is 38.8 Å². The molecule has 4 rings (SSSR count). The highest BCUT2D eigenvalue weighted by atomic mass is 32.1. The number of ether oxygens (including phenoxy) is 2. The van der Waals surface area contributed by atoms with Gasteiger partial charge in [0, 0.05) is 17.3 Å². The molecule has 0 spiro atoms. The van der Waals surface area contributed by atoms with E-state index >= 15 is 0 Å². The van der Waals surface area contributed by atoms with Crippen LogP contribution in [0.2, 0.25) is 0 Å². The van der Waals surface area contributed by atoms with Crippen molar-refractivity contribution >= 4 is 17.2 Å². The van der Waals surface area contributed by atoms with Crippen LogP contribution in [0.3, 0.4) is 0 Å². The second kappa shape index (κ2) is 6.71. The van der Waals surface area contributed by atoms with Crippen LogP contribution in [0.1, 0.15) is 34.1 Å². The van der Waals surface area contributed by atoms with E-state index in [2.05, 4.69) is 6.92 Å². The molecule has 25 heavy (non-hydrogen) atoms. The van der Waals surface area contributed by atoms with Crippen molar-refractivity contribution in [1.82, 2.24) is 4.90 Å². The lowest BCUT2D eigenvalue weighted by Gasteiger charge is -2.30. The van der Waals surface area contributed by atoms with Gasteiger partial charge in [0.15, 0.2) is 17.6 Å². The van der Waals surface area contributed by atoms with E-state index in [9.17, 15) is 4.79 Å². The molecule has 2 aromatic rings. The molecule has 0 bridgehead atoms. The van der Waals surface area contributed by atoms with Crippen molar-refractivity contribution in [3.05, 3.63) is 45.6 Å². The Labute approximate surface area is 152 Å². The molecule has 1 aliphatic carbocycles. The van der Waals surface area contributed by atoms with Crippen LogP contribution in [0.5, 0.6) is 11.5 Å². The van der Waals surface area contributed by atoms with Gasteiger partial charge in [-0.25, -0.2) is 0 Å². The van der Waals surface area contributed by atoms with Gasteiger partial charge in [0.1, 0.15) is 6.61 Å². The molecule has 1 aliphatic heterocycles. The molecule has 0 fully saturated rings. The minimum atomic E-state index is -0.140. The van der Waals surface area contributed by atoms with Crippen LogP contribution in [0.15, 0.2) is 29.6 Å². The number of hydrogen-bond donors (Lipinski definition) is 0. The molecule has 2 atom stereocenters. The fourth-order valence-electron chi connectivity index (χ4n) is 3.60. The molecule has 0 saturated carbocycles. The van der Waals surface area contributed by atoms with Crippen LogP contribution in [-0.4, -0.2) is 37.1 Å². The molecule has 4 nitrogen and oxygen atoms in total. The van der Waals surface area contributed by atoms with Crippen molar-refractivity contribution in [2.24, 2.45) is 5.92 Å². The summed E-state index contributed by atoms with van der Waals surface area (Å²) >= 11 is 1.73. The minimum absolute atomic E-state index is 0.0921. The lowest BCUT2D eigenvalue weighted by Crippen LogP contribution is -2.42. The summed E-state index contributed by atoms with van der Waals surface area (Å²) in [7, 11) is 1.85. The molecule has 1 amide bonds. The average Bonchev–Trinajstić information content (AvgIpc) is 3.03. The first-order valence-electron chi connectivity index (χ1n) is 8.85. The van der Waals surface area contributed by atoms with Crippen LogP contribution >= 0.6 is 11.3 Å². The Balaban J connectivity index is 1.44. The number of likely N-dealkylation sites (N-methyl/N-ethyl adjacent to an activating group) is 1. The number of benzene rings is 1. The fraction of sp³-hybridized carbons (Fsp3) is 0.450. The van der Waals surface area contributed by atoms with Gasteiger partial charge in [0.25, 0.3) is 5.91 Å². The monoisotopic (exact) mass is 357 g/mol. The third-order valence-electron chi connectivity index (χ3n) is 5.02. The molecule has 1 aromatic heterocycles. The Bertz CT molecular complexity index is 785. The summed E-state index contributed by atoms with van der Waals surface area (Å²) in [6, 6.07) is 7.66. The average molecular weight is 357 g/mol. The highest BCUT2D eigenvalue weighted by molar-refractivity contribution is 7.10. The Hall–Kier alpha value is -2.01. The zero-order chi connectivity index (χ0) is 17.4. The number of fused-ring (bicyclic) bond motifs is 2. The van der Waals surface area contributed by atoms with E-state index in [0.29, 0.717) is 13.2 Å². The second-order valence-corrected chi connectivity index (χ2v) is 8.05. The van der Waals surface area contributed by atoms with E-state index in [1.165, 1.54) is 16.9 Å². The molecule has 132 valence electrons. The number of rotatable bonds is 3. The first-order valence-corrected chi connectivity index (χ1v) is 9.73. The highest BCUT2D eigenvalue weighted by Crippen LogP contribution is 2.34. The van der Waals surface area contributed by atoms with E-state index < -0.39 is 0 Å². The van der Waals surface area contributed by atoms with Gasteiger partial charge in [-0.05, 0) is 42.9 Å². The maximum absolute atomic E-state index is 12.9. The second-order valence-electron chi connectivity index (χ2n) is 7.08. The Morgan fingerprint density at radius 1 is 1.32 bits per heavy atom. The van der Waals surface area contributed by atoms with Crippen molar-refractivity contribution in [2.75, 3.05) is 20.2 Å². The van der Waals surface area contributed by atoms with Gasteiger partial charge in [0.2, 0.25) is 0 Å². The molecule has 0 saturated heterocycles. The van der Waals surface area contributed by atoms with E-state index in [-0.39, 0.29) is 12.0 Å². The zero-order valence-electron chi connectivity index (χ0n) is 14.7. The molecular weight excluding hydrogens is 334 g/mol. The number of nitrogens with zero attached hydrogens (tertiary/aromatic N) is 1. The van der Waals surface area contributed by atoms with Crippen molar-refractivity contribution in [3.63, 3.8) is 0 Å². The van der Waals surface area contributed by atoms with Gasteiger partial charge in [-0.2, -0.15) is 0 Å². The highest BCUT2D eigenvalue weighted by Gasteiger charge is 2.28. The molecule has 2 aliphatic rings. The van der Waals surface area contributed by atoms with Crippen molar-refractivity contribution in [1.29, 1.82) is 0 Å². The summed E-state index contributed by atoms with van der Waals surface area (Å²) in [4.78, 5) is 16.1. The Morgan fingerprint density at radius 3 is 2.96 bits per heavy atom. The van der Waals surface area contributed by atoms with E-state index in [1.807, 2.05) is 36.7 Å². The third-order valence-corrected chi connectivity index (χ3v) is 6.07.